The van der Waals surface area contributed by atoms with Crippen molar-refractivity contribution >= 4 is 0 Å². The van der Waals surface area contributed by atoms with Gasteiger partial charge in [-0.25, -0.2) is 22.8 Å². The lowest BCUT2D eigenvalue weighted by molar-refractivity contribution is 0.222. The Morgan fingerprint density at radius 2 is 1.76 bits per heavy atom. The number of nitrogens with zero attached hydrogens (tertiary/aromatic N) is 3. The van der Waals surface area contributed by atoms with E-state index in [4.69, 9.17) is 9.47 Å². The third kappa shape index (κ3) is 4.36. The second-order valence-corrected chi connectivity index (χ2v) is 6.85. The molecule has 0 amide bonds. The van der Waals surface area contributed by atoms with Crippen LogP contribution in [-0.2, 0) is 6.42 Å². The molecule has 0 aliphatic heterocycles. The monoisotopic (exact) mass is 405 g/mol. The zero-order valence-corrected chi connectivity index (χ0v) is 16.7. The maximum Gasteiger partial charge on any atom is 0.277 e. The molecule has 0 N–H and O–H groups in total. The van der Waals surface area contributed by atoms with Crippen LogP contribution in [0, 0.1) is 24.4 Å². The van der Waals surface area contributed by atoms with Crippen LogP contribution in [0.5, 0.6) is 17.4 Å². The molecule has 0 saturated carbocycles. The van der Waals surface area contributed by atoms with Gasteiger partial charge in [0.05, 0.1) is 11.8 Å². The van der Waals surface area contributed by atoms with Gasteiger partial charge in [0, 0.05) is 6.20 Å². The molecule has 29 heavy (non-hydrogen) atoms. The van der Waals surface area contributed by atoms with Crippen molar-refractivity contribution in [3.05, 3.63) is 59.2 Å². The van der Waals surface area contributed by atoms with Crippen LogP contribution in [-0.4, -0.2) is 20.9 Å². The Bertz CT molecular complexity index is 998. The van der Waals surface area contributed by atoms with Crippen LogP contribution in [0.2, 0.25) is 0 Å². The number of halogens is 3. The fourth-order valence-corrected chi connectivity index (χ4v) is 2.82. The van der Waals surface area contributed by atoms with Gasteiger partial charge in [-0.05, 0) is 51.0 Å². The molecule has 0 aliphatic carbocycles. The average Bonchev–Trinajstić information content (AvgIpc) is 2.93. The van der Waals surface area contributed by atoms with Crippen LogP contribution in [0.3, 0.4) is 0 Å². The minimum absolute atomic E-state index is 0.0125. The Kier molecular flexibility index (Phi) is 6.10. The molecule has 8 heteroatoms. The van der Waals surface area contributed by atoms with E-state index < -0.39 is 23.2 Å². The van der Waals surface area contributed by atoms with E-state index in [0.717, 1.165) is 24.1 Å². The lowest BCUT2D eigenvalue weighted by Gasteiger charge is -2.11. The first-order chi connectivity index (χ1) is 13.8. The van der Waals surface area contributed by atoms with Crippen LogP contribution in [0.15, 0.2) is 30.5 Å². The predicted octanol–water partition coefficient (Wildman–Crippen LogP) is 5.53. The molecule has 0 radical (unpaired) electrons. The first-order valence-corrected chi connectivity index (χ1v) is 9.34. The number of rotatable bonds is 7. The van der Waals surface area contributed by atoms with E-state index in [-0.39, 0.29) is 29.2 Å². The minimum Gasteiger partial charge on any atom is -0.471 e. The molecule has 154 valence electrons. The number of hydrogen-bond donors (Lipinski definition) is 0. The van der Waals surface area contributed by atoms with Gasteiger partial charge >= 0.3 is 0 Å². The van der Waals surface area contributed by atoms with Gasteiger partial charge in [-0.2, -0.15) is 0 Å². The molecule has 0 unspecified atom stereocenters. The normalized spacial score (nSPS) is 11.2. The maximum atomic E-state index is 14.7. The second-order valence-electron chi connectivity index (χ2n) is 6.85. The van der Waals surface area contributed by atoms with Crippen molar-refractivity contribution in [3.63, 3.8) is 0 Å². The highest BCUT2D eigenvalue weighted by atomic mass is 19.1. The molecule has 2 aromatic heterocycles. The van der Waals surface area contributed by atoms with Gasteiger partial charge in [-0.1, -0.05) is 19.4 Å². The largest absolute Gasteiger partial charge is 0.471 e. The molecule has 0 spiro atoms. The molecular formula is C21H22F3N3O2. The molecule has 0 atom stereocenters. The first kappa shape index (κ1) is 20.7. The van der Waals surface area contributed by atoms with Gasteiger partial charge in [0.25, 0.3) is 5.88 Å². The lowest BCUT2D eigenvalue weighted by atomic mass is 10.2. The third-order valence-corrected chi connectivity index (χ3v) is 4.12. The summed E-state index contributed by atoms with van der Waals surface area (Å²) < 4.78 is 55.1. The molecule has 3 rings (SSSR count). The van der Waals surface area contributed by atoms with Crippen LogP contribution in [0.1, 0.15) is 38.4 Å². The van der Waals surface area contributed by atoms with E-state index in [1.165, 1.54) is 16.8 Å². The van der Waals surface area contributed by atoms with Crippen molar-refractivity contribution in [2.24, 2.45) is 0 Å². The summed E-state index contributed by atoms with van der Waals surface area (Å²) in [6, 6.07) is 4.78. The van der Waals surface area contributed by atoms with Gasteiger partial charge in [-0.15, -0.1) is 5.10 Å². The van der Waals surface area contributed by atoms with Gasteiger partial charge in [0.15, 0.2) is 29.0 Å². The third-order valence-electron chi connectivity index (χ3n) is 4.12. The fourth-order valence-electron chi connectivity index (χ4n) is 2.82. The van der Waals surface area contributed by atoms with Crippen LogP contribution in [0.25, 0.3) is 5.82 Å². The number of benzene rings is 1. The zero-order chi connectivity index (χ0) is 21.1. The zero-order valence-electron chi connectivity index (χ0n) is 16.7. The smallest absolute Gasteiger partial charge is 0.277 e. The molecule has 0 fully saturated rings. The topological polar surface area (TPSA) is 49.2 Å². The van der Waals surface area contributed by atoms with E-state index in [2.05, 4.69) is 10.1 Å². The number of pyridine rings is 1. The summed E-state index contributed by atoms with van der Waals surface area (Å²) in [6.07, 6.45) is 2.84. The summed E-state index contributed by atoms with van der Waals surface area (Å²) in [4.78, 5) is 4.17. The molecular weight excluding hydrogens is 383 g/mol. The quantitative estimate of drug-likeness (QED) is 0.519. The molecule has 0 aliphatic rings. The Morgan fingerprint density at radius 3 is 2.34 bits per heavy atom. The number of para-hydroxylation sites is 1. The van der Waals surface area contributed by atoms with Gasteiger partial charge in [0.1, 0.15) is 0 Å². The summed E-state index contributed by atoms with van der Waals surface area (Å²) >= 11 is 0. The van der Waals surface area contributed by atoms with Crippen molar-refractivity contribution in [2.45, 2.75) is 46.6 Å². The second kappa shape index (κ2) is 8.55. The molecule has 5 nitrogen and oxygen atoms in total. The maximum absolute atomic E-state index is 14.7. The van der Waals surface area contributed by atoms with Crippen molar-refractivity contribution < 1.29 is 22.6 Å². The van der Waals surface area contributed by atoms with Crippen molar-refractivity contribution in [1.82, 2.24) is 14.8 Å². The Morgan fingerprint density at radius 1 is 1.07 bits per heavy atom. The number of aryl methyl sites for hydroxylation is 1. The minimum atomic E-state index is -0.874. The van der Waals surface area contributed by atoms with E-state index in [9.17, 15) is 13.2 Å². The summed E-state index contributed by atoms with van der Waals surface area (Å²) in [5.74, 6) is -2.99. The number of hydrogen-bond acceptors (Lipinski definition) is 4. The fraction of sp³-hybridized carbons (Fsp3) is 0.333. The summed E-state index contributed by atoms with van der Waals surface area (Å²) in [6.45, 7) is 7.10. The Balaban J connectivity index is 2.09. The van der Waals surface area contributed by atoms with E-state index >= 15 is 0 Å². The summed E-state index contributed by atoms with van der Waals surface area (Å²) in [5, 5.41) is 4.23. The average molecular weight is 405 g/mol. The van der Waals surface area contributed by atoms with Crippen LogP contribution in [0.4, 0.5) is 13.2 Å². The molecule has 2 heterocycles. The van der Waals surface area contributed by atoms with Crippen molar-refractivity contribution in [1.29, 1.82) is 0 Å². The Hall–Kier alpha value is -3.03. The Labute approximate surface area is 167 Å². The molecule has 3 aromatic rings. The van der Waals surface area contributed by atoms with E-state index in [1.807, 2.05) is 6.92 Å². The highest BCUT2D eigenvalue weighted by Gasteiger charge is 2.25. The number of ether oxygens (including phenoxy) is 2. The summed E-state index contributed by atoms with van der Waals surface area (Å²) in [5.41, 5.74) is 1.06. The van der Waals surface area contributed by atoms with Gasteiger partial charge in [-0.3, -0.25) is 0 Å². The van der Waals surface area contributed by atoms with Crippen molar-refractivity contribution in [2.75, 3.05) is 0 Å². The molecule has 0 bridgehead atoms. The predicted molar refractivity (Wildman–Crippen MR) is 102 cm³/mol. The van der Waals surface area contributed by atoms with Crippen LogP contribution >= 0.6 is 0 Å². The van der Waals surface area contributed by atoms with E-state index in [1.54, 1.807) is 27.0 Å². The van der Waals surface area contributed by atoms with Gasteiger partial charge < -0.3 is 9.47 Å². The highest BCUT2D eigenvalue weighted by molar-refractivity contribution is 5.46. The standard InChI is InChI=1S/C21H22F3N3O2/c1-5-7-14-10-17(24)20(25-11-14)27-13(4)18(21(26-27)28-12(2)3)29-19-15(22)8-6-9-16(19)23/h6,8-12H,5,7H2,1-4H3. The van der Waals surface area contributed by atoms with Crippen molar-refractivity contribution in [3.8, 4) is 23.2 Å². The van der Waals surface area contributed by atoms with Crippen LogP contribution < -0.4 is 9.47 Å². The molecule has 1 aromatic carbocycles. The first-order valence-electron chi connectivity index (χ1n) is 9.34. The SMILES string of the molecule is CCCc1cnc(-n2nc(OC(C)C)c(Oc3c(F)cccc3F)c2C)c(F)c1. The lowest BCUT2D eigenvalue weighted by Crippen LogP contribution is -2.08. The number of aromatic nitrogens is 3. The highest BCUT2D eigenvalue weighted by Crippen LogP contribution is 2.38. The van der Waals surface area contributed by atoms with Gasteiger partial charge in [0.2, 0.25) is 5.75 Å². The summed E-state index contributed by atoms with van der Waals surface area (Å²) in [7, 11) is 0. The van der Waals surface area contributed by atoms with E-state index in [0.29, 0.717) is 6.42 Å². The molecule has 0 saturated heterocycles.